The average Bonchev–Trinajstić information content (AvgIpc) is 2.63. The van der Waals surface area contributed by atoms with Crippen molar-refractivity contribution in [2.45, 2.75) is 39.8 Å². The van der Waals surface area contributed by atoms with Gasteiger partial charge in [0.1, 0.15) is 0 Å². The van der Waals surface area contributed by atoms with E-state index in [4.69, 9.17) is 0 Å². The van der Waals surface area contributed by atoms with Crippen LogP contribution in [0, 0.1) is 6.92 Å². The molecule has 0 radical (unpaired) electrons. The molecule has 0 saturated carbocycles. The summed E-state index contributed by atoms with van der Waals surface area (Å²) in [5.74, 6) is 0. The Hall–Kier alpha value is -0.380. The van der Waals surface area contributed by atoms with Gasteiger partial charge in [-0.05, 0) is 42.2 Å². The van der Waals surface area contributed by atoms with Crippen molar-refractivity contribution in [1.82, 2.24) is 10.6 Å². The molecule has 86 valence electrons. The highest BCUT2D eigenvalue weighted by Crippen LogP contribution is 2.12. The van der Waals surface area contributed by atoms with Gasteiger partial charge in [0.2, 0.25) is 0 Å². The molecule has 0 fully saturated rings. The number of aryl methyl sites for hydroxylation is 1. The third kappa shape index (κ3) is 4.78. The van der Waals surface area contributed by atoms with Gasteiger partial charge in [0.05, 0.1) is 0 Å². The molecule has 15 heavy (non-hydrogen) atoms. The molecule has 1 rings (SSSR count). The Morgan fingerprint density at radius 3 is 2.73 bits per heavy atom. The van der Waals surface area contributed by atoms with Crippen molar-refractivity contribution >= 4 is 11.3 Å². The van der Waals surface area contributed by atoms with Gasteiger partial charge in [0.25, 0.3) is 0 Å². The summed E-state index contributed by atoms with van der Waals surface area (Å²) in [6.45, 7) is 9.70. The second-order valence-corrected chi connectivity index (χ2v) is 4.76. The van der Waals surface area contributed by atoms with Gasteiger partial charge in [-0.3, -0.25) is 0 Å². The van der Waals surface area contributed by atoms with Gasteiger partial charge in [-0.15, -0.1) is 0 Å². The van der Waals surface area contributed by atoms with E-state index in [1.54, 1.807) is 11.3 Å². The molecule has 3 heteroatoms. The molecule has 0 aliphatic rings. The Labute approximate surface area is 97.1 Å². The Morgan fingerprint density at radius 2 is 2.13 bits per heavy atom. The summed E-state index contributed by atoms with van der Waals surface area (Å²) < 4.78 is 0. The zero-order valence-corrected chi connectivity index (χ0v) is 10.8. The van der Waals surface area contributed by atoms with Crippen LogP contribution >= 0.6 is 11.3 Å². The third-order valence-electron chi connectivity index (χ3n) is 2.68. The molecule has 0 amide bonds. The van der Waals surface area contributed by atoms with Gasteiger partial charge in [-0.2, -0.15) is 11.3 Å². The maximum atomic E-state index is 3.47. The van der Waals surface area contributed by atoms with Crippen LogP contribution in [0.15, 0.2) is 10.8 Å². The highest BCUT2D eigenvalue weighted by atomic mass is 32.1. The molecule has 0 spiro atoms. The Balaban J connectivity index is 2.05. The normalized spacial score (nSPS) is 13.0. The van der Waals surface area contributed by atoms with Gasteiger partial charge in [-0.1, -0.05) is 6.92 Å². The third-order valence-corrected chi connectivity index (χ3v) is 3.59. The Morgan fingerprint density at radius 1 is 1.33 bits per heavy atom. The zero-order chi connectivity index (χ0) is 11.1. The Kier molecular flexibility index (Phi) is 5.91. The quantitative estimate of drug-likeness (QED) is 0.698. The summed E-state index contributed by atoms with van der Waals surface area (Å²) >= 11 is 1.78. The lowest BCUT2D eigenvalue weighted by Gasteiger charge is -2.11. The first-order chi connectivity index (χ1) is 7.24. The van der Waals surface area contributed by atoms with Crippen LogP contribution < -0.4 is 10.6 Å². The van der Waals surface area contributed by atoms with E-state index >= 15 is 0 Å². The standard InChI is InChI=1S/C12H22N2S/c1-4-11(3)14-6-5-13-7-12-9-15-8-10(12)2/h8-9,11,13-14H,4-7H2,1-3H3. The molecule has 0 aromatic carbocycles. The maximum absolute atomic E-state index is 3.47. The maximum Gasteiger partial charge on any atom is 0.0216 e. The van der Waals surface area contributed by atoms with Gasteiger partial charge in [0, 0.05) is 25.7 Å². The monoisotopic (exact) mass is 226 g/mol. The topological polar surface area (TPSA) is 24.1 Å². The molecular formula is C12H22N2S. The zero-order valence-electron chi connectivity index (χ0n) is 9.97. The van der Waals surface area contributed by atoms with Gasteiger partial charge in [0.15, 0.2) is 0 Å². The summed E-state index contributed by atoms with van der Waals surface area (Å²) in [5.41, 5.74) is 2.84. The first-order valence-electron chi connectivity index (χ1n) is 5.69. The highest BCUT2D eigenvalue weighted by molar-refractivity contribution is 7.08. The second-order valence-electron chi connectivity index (χ2n) is 4.02. The smallest absolute Gasteiger partial charge is 0.0216 e. The van der Waals surface area contributed by atoms with Crippen molar-refractivity contribution in [2.24, 2.45) is 0 Å². The van der Waals surface area contributed by atoms with E-state index < -0.39 is 0 Å². The van der Waals surface area contributed by atoms with Crippen LogP contribution in [-0.4, -0.2) is 19.1 Å². The van der Waals surface area contributed by atoms with Crippen LogP contribution in [0.3, 0.4) is 0 Å². The van der Waals surface area contributed by atoms with Crippen LogP contribution in [0.1, 0.15) is 31.4 Å². The molecule has 1 aromatic heterocycles. The van der Waals surface area contributed by atoms with E-state index in [2.05, 4.69) is 42.2 Å². The first-order valence-corrected chi connectivity index (χ1v) is 6.64. The van der Waals surface area contributed by atoms with Crippen LogP contribution in [0.5, 0.6) is 0 Å². The molecule has 1 aromatic rings. The summed E-state index contributed by atoms with van der Waals surface area (Å²) in [5, 5.41) is 11.3. The summed E-state index contributed by atoms with van der Waals surface area (Å²) in [6.07, 6.45) is 1.20. The average molecular weight is 226 g/mol. The predicted octanol–water partition coefficient (Wildman–Crippen LogP) is 2.53. The Bertz CT molecular complexity index is 270. The number of nitrogens with one attached hydrogen (secondary N) is 2. The van der Waals surface area contributed by atoms with Crippen molar-refractivity contribution in [3.63, 3.8) is 0 Å². The SMILES string of the molecule is CCC(C)NCCNCc1cscc1C. The number of hydrogen-bond acceptors (Lipinski definition) is 3. The van der Waals surface area contributed by atoms with Crippen molar-refractivity contribution in [3.8, 4) is 0 Å². The lowest BCUT2D eigenvalue weighted by atomic mass is 10.2. The van der Waals surface area contributed by atoms with E-state index in [0.29, 0.717) is 6.04 Å². The first kappa shape index (κ1) is 12.7. The van der Waals surface area contributed by atoms with Crippen molar-refractivity contribution in [3.05, 3.63) is 21.9 Å². The number of hydrogen-bond donors (Lipinski definition) is 2. The van der Waals surface area contributed by atoms with Gasteiger partial charge in [-0.25, -0.2) is 0 Å². The van der Waals surface area contributed by atoms with Crippen molar-refractivity contribution in [1.29, 1.82) is 0 Å². The lowest BCUT2D eigenvalue weighted by Crippen LogP contribution is -2.32. The van der Waals surface area contributed by atoms with Crippen molar-refractivity contribution < 1.29 is 0 Å². The van der Waals surface area contributed by atoms with E-state index in [1.807, 2.05) is 0 Å². The van der Waals surface area contributed by atoms with E-state index in [0.717, 1.165) is 19.6 Å². The lowest BCUT2D eigenvalue weighted by molar-refractivity contribution is 0.517. The van der Waals surface area contributed by atoms with E-state index in [9.17, 15) is 0 Å². The molecule has 1 unspecified atom stereocenters. The predicted molar refractivity (Wildman–Crippen MR) is 68.5 cm³/mol. The van der Waals surface area contributed by atoms with Crippen LogP contribution in [-0.2, 0) is 6.54 Å². The fourth-order valence-corrected chi connectivity index (χ4v) is 2.20. The fourth-order valence-electron chi connectivity index (χ4n) is 1.34. The fraction of sp³-hybridized carbons (Fsp3) is 0.667. The number of rotatable bonds is 7. The van der Waals surface area contributed by atoms with E-state index in [1.165, 1.54) is 17.5 Å². The highest BCUT2D eigenvalue weighted by Gasteiger charge is 1.98. The molecule has 0 saturated heterocycles. The molecule has 2 nitrogen and oxygen atoms in total. The van der Waals surface area contributed by atoms with Gasteiger partial charge < -0.3 is 10.6 Å². The summed E-state index contributed by atoms with van der Waals surface area (Å²) in [4.78, 5) is 0. The van der Waals surface area contributed by atoms with Gasteiger partial charge >= 0.3 is 0 Å². The molecule has 0 bridgehead atoms. The molecule has 1 heterocycles. The molecule has 1 atom stereocenters. The largest absolute Gasteiger partial charge is 0.313 e. The van der Waals surface area contributed by atoms with E-state index in [-0.39, 0.29) is 0 Å². The minimum absolute atomic E-state index is 0.634. The molecule has 0 aliphatic heterocycles. The van der Waals surface area contributed by atoms with Crippen LogP contribution in [0.2, 0.25) is 0 Å². The minimum atomic E-state index is 0.634. The summed E-state index contributed by atoms with van der Waals surface area (Å²) in [7, 11) is 0. The van der Waals surface area contributed by atoms with Crippen molar-refractivity contribution in [2.75, 3.05) is 13.1 Å². The molecule has 2 N–H and O–H groups in total. The molecule has 0 aliphatic carbocycles. The van der Waals surface area contributed by atoms with Crippen LogP contribution in [0.25, 0.3) is 0 Å². The summed E-state index contributed by atoms with van der Waals surface area (Å²) in [6, 6.07) is 0.634. The minimum Gasteiger partial charge on any atom is -0.313 e. The number of thiophene rings is 1. The van der Waals surface area contributed by atoms with Crippen LogP contribution in [0.4, 0.5) is 0 Å². The second kappa shape index (κ2) is 6.99. The molecular weight excluding hydrogens is 204 g/mol.